The van der Waals surface area contributed by atoms with Gasteiger partial charge in [-0.25, -0.2) is 4.98 Å². The van der Waals surface area contributed by atoms with Crippen LogP contribution < -0.4 is 20.9 Å². The van der Waals surface area contributed by atoms with E-state index in [2.05, 4.69) is 21.2 Å². The smallest absolute Gasteiger partial charge is 0.255 e. The molecule has 0 aliphatic carbocycles. The van der Waals surface area contributed by atoms with Gasteiger partial charge < -0.3 is 10.1 Å². The van der Waals surface area contributed by atoms with Crippen molar-refractivity contribution in [1.82, 2.24) is 15.8 Å². The molecule has 27 heavy (non-hydrogen) atoms. The van der Waals surface area contributed by atoms with E-state index in [1.54, 1.807) is 36.5 Å². The predicted molar refractivity (Wildman–Crippen MR) is 104 cm³/mol. The van der Waals surface area contributed by atoms with Gasteiger partial charge in [0.1, 0.15) is 5.75 Å². The van der Waals surface area contributed by atoms with E-state index < -0.39 is 0 Å². The summed E-state index contributed by atoms with van der Waals surface area (Å²) in [5, 5.41) is 2.92. The highest BCUT2D eigenvalue weighted by Gasteiger charge is 2.15. The third kappa shape index (κ3) is 4.31. The Labute approximate surface area is 157 Å². The second kappa shape index (κ2) is 7.99. The average molecular weight is 360 g/mol. The van der Waals surface area contributed by atoms with E-state index in [0.717, 1.165) is 18.7 Å². The summed E-state index contributed by atoms with van der Waals surface area (Å²) in [7, 11) is 0. The maximum absolute atomic E-state index is 12.6. The number of ether oxygens (including phenoxy) is 1. The molecule has 1 aromatic heterocycles. The van der Waals surface area contributed by atoms with E-state index in [9.17, 15) is 4.79 Å². The van der Waals surface area contributed by atoms with Crippen molar-refractivity contribution in [2.75, 3.05) is 11.9 Å². The van der Waals surface area contributed by atoms with Crippen molar-refractivity contribution in [3.05, 3.63) is 84.1 Å². The third-order valence-corrected chi connectivity index (χ3v) is 4.36. The summed E-state index contributed by atoms with van der Waals surface area (Å²) in [4.78, 5) is 16.7. The number of hydrogen-bond acceptors (Lipinski definition) is 5. The minimum absolute atomic E-state index is 0.185. The summed E-state index contributed by atoms with van der Waals surface area (Å²) in [5.74, 6) is 0.868. The van der Waals surface area contributed by atoms with Gasteiger partial charge in [-0.05, 0) is 48.4 Å². The van der Waals surface area contributed by atoms with Crippen LogP contribution in [0.25, 0.3) is 0 Å². The van der Waals surface area contributed by atoms with Crippen LogP contribution in [0.15, 0.2) is 72.9 Å². The van der Waals surface area contributed by atoms with E-state index in [4.69, 9.17) is 4.74 Å². The number of benzene rings is 2. The molecule has 1 amide bonds. The molecular weight excluding hydrogens is 340 g/mol. The molecule has 0 spiro atoms. The topological polar surface area (TPSA) is 75.3 Å². The van der Waals surface area contributed by atoms with Crippen LogP contribution in [0.3, 0.4) is 0 Å². The lowest BCUT2D eigenvalue weighted by molar-refractivity contribution is 0.102. The van der Waals surface area contributed by atoms with Crippen LogP contribution >= 0.6 is 0 Å². The molecule has 0 bridgehead atoms. The van der Waals surface area contributed by atoms with E-state index in [1.165, 1.54) is 5.56 Å². The Hall–Kier alpha value is -3.22. The van der Waals surface area contributed by atoms with Gasteiger partial charge in [0, 0.05) is 36.1 Å². The molecule has 4 rings (SSSR count). The molecule has 136 valence electrons. The first kappa shape index (κ1) is 17.2. The molecule has 1 aliphatic heterocycles. The first-order valence-corrected chi connectivity index (χ1v) is 8.86. The SMILES string of the molecule is O=C(Nc1ccc(C2CCNN2)cc1)c1cccc(Oc2ccccn2)c1. The van der Waals surface area contributed by atoms with Crippen molar-refractivity contribution in [2.45, 2.75) is 12.5 Å². The van der Waals surface area contributed by atoms with E-state index >= 15 is 0 Å². The van der Waals surface area contributed by atoms with Crippen molar-refractivity contribution < 1.29 is 9.53 Å². The molecule has 1 atom stereocenters. The van der Waals surface area contributed by atoms with E-state index in [0.29, 0.717) is 23.2 Å². The van der Waals surface area contributed by atoms with Gasteiger partial charge in [-0.2, -0.15) is 0 Å². The Morgan fingerprint density at radius 3 is 2.70 bits per heavy atom. The van der Waals surface area contributed by atoms with Crippen molar-refractivity contribution in [2.24, 2.45) is 0 Å². The fourth-order valence-corrected chi connectivity index (χ4v) is 2.97. The summed E-state index contributed by atoms with van der Waals surface area (Å²) in [6, 6.07) is 20.7. The molecule has 1 unspecified atom stereocenters. The molecule has 1 fully saturated rings. The summed E-state index contributed by atoms with van der Waals surface area (Å²) < 4.78 is 5.69. The lowest BCUT2D eigenvalue weighted by Crippen LogP contribution is -2.24. The quantitative estimate of drug-likeness (QED) is 0.647. The number of amides is 1. The van der Waals surface area contributed by atoms with Gasteiger partial charge in [0.15, 0.2) is 0 Å². The number of nitrogens with zero attached hydrogens (tertiary/aromatic N) is 1. The second-order valence-electron chi connectivity index (χ2n) is 6.29. The van der Waals surface area contributed by atoms with Crippen LogP contribution in [0, 0.1) is 0 Å². The van der Waals surface area contributed by atoms with Gasteiger partial charge >= 0.3 is 0 Å². The van der Waals surface area contributed by atoms with Gasteiger partial charge in [0.2, 0.25) is 5.88 Å². The molecular formula is C21H20N4O2. The fraction of sp³-hybridized carbons (Fsp3) is 0.143. The molecule has 1 saturated heterocycles. The van der Waals surface area contributed by atoms with Gasteiger partial charge in [-0.1, -0.05) is 24.3 Å². The number of rotatable bonds is 5. The Kier molecular flexibility index (Phi) is 5.09. The molecule has 1 aliphatic rings. The molecule has 2 heterocycles. The standard InChI is InChI=1S/C21H20N4O2/c26-21(24-17-9-7-15(8-10-17)19-11-13-23-25-19)16-4-3-5-18(14-16)27-20-6-1-2-12-22-20/h1-10,12,14,19,23,25H,11,13H2,(H,24,26). The minimum Gasteiger partial charge on any atom is -0.439 e. The number of nitrogens with one attached hydrogen (secondary N) is 3. The third-order valence-electron chi connectivity index (χ3n) is 4.36. The Morgan fingerprint density at radius 1 is 1.07 bits per heavy atom. The highest BCUT2D eigenvalue weighted by atomic mass is 16.5. The highest BCUT2D eigenvalue weighted by Crippen LogP contribution is 2.23. The summed E-state index contributed by atoms with van der Waals surface area (Å²) in [6.45, 7) is 0.958. The lowest BCUT2D eigenvalue weighted by atomic mass is 10.1. The Bertz CT molecular complexity index is 907. The molecule has 0 saturated carbocycles. The summed E-state index contributed by atoms with van der Waals surface area (Å²) in [5.41, 5.74) is 8.83. The molecule has 3 aromatic rings. The predicted octanol–water partition coefficient (Wildman–Crippen LogP) is 3.67. The molecule has 2 aromatic carbocycles. The van der Waals surface area contributed by atoms with E-state index in [1.807, 2.05) is 36.4 Å². The van der Waals surface area contributed by atoms with Crippen molar-refractivity contribution in [3.63, 3.8) is 0 Å². The number of carbonyl (C=O) groups is 1. The first-order chi connectivity index (χ1) is 13.3. The summed E-state index contributed by atoms with van der Waals surface area (Å²) >= 11 is 0. The van der Waals surface area contributed by atoms with Crippen molar-refractivity contribution in [1.29, 1.82) is 0 Å². The van der Waals surface area contributed by atoms with Crippen molar-refractivity contribution in [3.8, 4) is 11.6 Å². The number of hydrazine groups is 1. The van der Waals surface area contributed by atoms with Gasteiger partial charge in [-0.3, -0.25) is 15.6 Å². The van der Waals surface area contributed by atoms with Crippen LogP contribution in [0.1, 0.15) is 28.4 Å². The second-order valence-corrected chi connectivity index (χ2v) is 6.29. The van der Waals surface area contributed by atoms with Crippen LogP contribution in [0.5, 0.6) is 11.6 Å². The van der Waals surface area contributed by atoms with Crippen LogP contribution in [-0.4, -0.2) is 17.4 Å². The zero-order valence-corrected chi connectivity index (χ0v) is 14.7. The molecule has 0 radical (unpaired) electrons. The largest absolute Gasteiger partial charge is 0.439 e. The Balaban J connectivity index is 1.42. The average Bonchev–Trinajstić information content (AvgIpc) is 3.24. The Morgan fingerprint density at radius 2 is 1.96 bits per heavy atom. The maximum Gasteiger partial charge on any atom is 0.255 e. The van der Waals surface area contributed by atoms with Crippen molar-refractivity contribution >= 4 is 11.6 Å². The molecule has 6 nitrogen and oxygen atoms in total. The first-order valence-electron chi connectivity index (χ1n) is 8.86. The number of aromatic nitrogens is 1. The summed E-state index contributed by atoms with van der Waals surface area (Å²) in [6.07, 6.45) is 2.71. The zero-order chi connectivity index (χ0) is 18.5. The molecule has 3 N–H and O–H groups in total. The van der Waals surface area contributed by atoms with E-state index in [-0.39, 0.29) is 5.91 Å². The number of pyridine rings is 1. The van der Waals surface area contributed by atoms with Crippen LogP contribution in [0.2, 0.25) is 0 Å². The number of anilines is 1. The minimum atomic E-state index is -0.185. The monoisotopic (exact) mass is 360 g/mol. The lowest BCUT2D eigenvalue weighted by Gasteiger charge is -2.11. The maximum atomic E-state index is 12.6. The van der Waals surface area contributed by atoms with Crippen LogP contribution in [0.4, 0.5) is 5.69 Å². The van der Waals surface area contributed by atoms with Gasteiger partial charge in [0.25, 0.3) is 5.91 Å². The highest BCUT2D eigenvalue weighted by molar-refractivity contribution is 6.04. The zero-order valence-electron chi connectivity index (χ0n) is 14.7. The van der Waals surface area contributed by atoms with Gasteiger partial charge in [0.05, 0.1) is 0 Å². The fourth-order valence-electron chi connectivity index (χ4n) is 2.97. The normalized spacial score (nSPS) is 16.1. The van der Waals surface area contributed by atoms with Gasteiger partial charge in [-0.15, -0.1) is 0 Å². The van der Waals surface area contributed by atoms with Crippen LogP contribution in [-0.2, 0) is 0 Å². The number of carbonyl (C=O) groups excluding carboxylic acids is 1. The number of hydrogen-bond donors (Lipinski definition) is 3. The molecule has 6 heteroatoms.